The van der Waals surface area contributed by atoms with Crippen LogP contribution in [0.3, 0.4) is 0 Å². The molecule has 3 aliphatic rings. The Labute approximate surface area is 174 Å². The predicted octanol–water partition coefficient (Wildman–Crippen LogP) is 6.05. The van der Waals surface area contributed by atoms with Crippen LogP contribution in [0, 0.1) is 17.3 Å². The van der Waals surface area contributed by atoms with Crippen LogP contribution < -0.4 is 0 Å². The minimum atomic E-state index is -4.58. The summed E-state index contributed by atoms with van der Waals surface area (Å²) in [5, 5.41) is 2.18. The molecule has 0 aromatic heterocycles. The number of carbonyl (C=O) groups is 1. The van der Waals surface area contributed by atoms with Crippen LogP contribution in [0.1, 0.15) is 45.6 Å². The number of hydrogen-bond donors (Lipinski definition) is 0. The minimum absolute atomic E-state index is 0.000437. The Morgan fingerprint density at radius 2 is 1.77 bits per heavy atom. The van der Waals surface area contributed by atoms with Gasteiger partial charge in [-0.1, -0.05) is 56.3 Å². The van der Waals surface area contributed by atoms with E-state index in [2.05, 4.69) is 13.8 Å². The Morgan fingerprint density at radius 3 is 2.47 bits per heavy atom. The highest BCUT2D eigenvalue weighted by atomic mass is 19.4. The quantitative estimate of drug-likeness (QED) is 0.553. The maximum atomic E-state index is 12.6. The summed E-state index contributed by atoms with van der Waals surface area (Å²) in [7, 11) is 0. The summed E-state index contributed by atoms with van der Waals surface area (Å²) in [6.45, 7) is 6.53. The van der Waals surface area contributed by atoms with Crippen LogP contribution >= 0.6 is 0 Å². The van der Waals surface area contributed by atoms with E-state index in [-0.39, 0.29) is 11.3 Å². The smallest absolute Gasteiger partial charge is 0.399 e. The first-order valence-electron chi connectivity index (χ1n) is 10.4. The molecule has 0 radical (unpaired) electrons. The first-order valence-corrected chi connectivity index (χ1v) is 10.4. The lowest BCUT2D eigenvalue weighted by Gasteiger charge is -2.65. The summed E-state index contributed by atoms with van der Waals surface area (Å²) in [4.78, 5) is 11.9. The maximum absolute atomic E-state index is 12.6. The summed E-state index contributed by atoms with van der Waals surface area (Å²) in [5.74, 6) is -0.797. The predicted molar refractivity (Wildman–Crippen MR) is 108 cm³/mol. The number of carbonyl (C=O) groups excluding carboxylic acids is 1. The number of fused-ring (bicyclic) bond motifs is 3. The maximum Gasteiger partial charge on any atom is 0.399 e. The van der Waals surface area contributed by atoms with Crippen molar-refractivity contribution in [2.24, 2.45) is 17.3 Å². The summed E-state index contributed by atoms with van der Waals surface area (Å²) < 4.78 is 49.7. The zero-order valence-corrected chi connectivity index (χ0v) is 17.5. The molecule has 3 fully saturated rings. The van der Waals surface area contributed by atoms with Gasteiger partial charge in [-0.15, -0.1) is 0 Å². The third-order valence-electron chi connectivity index (χ3n) is 7.34. The van der Waals surface area contributed by atoms with E-state index in [9.17, 15) is 18.0 Å². The summed E-state index contributed by atoms with van der Waals surface area (Å²) in [5.41, 5.74) is 0.172. The van der Waals surface area contributed by atoms with Crippen molar-refractivity contribution in [1.82, 2.24) is 0 Å². The van der Waals surface area contributed by atoms with Gasteiger partial charge in [-0.2, -0.15) is 13.2 Å². The van der Waals surface area contributed by atoms with E-state index in [1.54, 1.807) is 0 Å². The molecule has 0 unspecified atom stereocenters. The van der Waals surface area contributed by atoms with Gasteiger partial charge in [0.15, 0.2) is 0 Å². The molecule has 0 saturated heterocycles. The Bertz CT molecular complexity index is 947. The number of ether oxygens (including phenoxy) is 2. The molecule has 30 heavy (non-hydrogen) atoms. The van der Waals surface area contributed by atoms with E-state index >= 15 is 0 Å². The SMILES string of the molecule is CC1(C)[C@H]2C[C@H](OC(=O)CC(F)(F)F)[C@](C)(OCc3cccc4ccccc34)[C@@H]1C2. The third-order valence-corrected chi connectivity index (χ3v) is 7.34. The van der Waals surface area contributed by atoms with Crippen molar-refractivity contribution >= 4 is 16.7 Å². The van der Waals surface area contributed by atoms with Crippen molar-refractivity contribution in [3.8, 4) is 0 Å². The van der Waals surface area contributed by atoms with E-state index in [1.807, 2.05) is 49.4 Å². The molecular formula is C24H27F3O3. The Hall–Kier alpha value is -2.08. The van der Waals surface area contributed by atoms with Crippen molar-refractivity contribution in [3.05, 3.63) is 48.0 Å². The van der Waals surface area contributed by atoms with Crippen molar-refractivity contribution in [1.29, 1.82) is 0 Å². The van der Waals surface area contributed by atoms with Crippen LogP contribution in [0.25, 0.3) is 10.8 Å². The fourth-order valence-electron chi connectivity index (χ4n) is 5.48. The van der Waals surface area contributed by atoms with Gasteiger partial charge in [-0.3, -0.25) is 4.79 Å². The normalized spacial score (nSPS) is 30.0. The molecule has 162 valence electrons. The summed E-state index contributed by atoms with van der Waals surface area (Å²) >= 11 is 0. The van der Waals surface area contributed by atoms with Crippen LogP contribution in [-0.2, 0) is 20.9 Å². The zero-order chi connectivity index (χ0) is 21.7. The van der Waals surface area contributed by atoms with Gasteiger partial charge < -0.3 is 9.47 Å². The van der Waals surface area contributed by atoms with Gasteiger partial charge in [0.1, 0.15) is 18.1 Å². The molecule has 0 amide bonds. The lowest BCUT2D eigenvalue weighted by molar-refractivity contribution is -0.276. The molecule has 4 atom stereocenters. The van der Waals surface area contributed by atoms with Crippen molar-refractivity contribution < 1.29 is 27.4 Å². The monoisotopic (exact) mass is 420 g/mol. The van der Waals surface area contributed by atoms with Crippen LogP contribution in [0.15, 0.2) is 42.5 Å². The minimum Gasteiger partial charge on any atom is -0.459 e. The molecule has 3 saturated carbocycles. The first kappa shape index (κ1) is 21.2. The molecule has 5 rings (SSSR count). The summed E-state index contributed by atoms with van der Waals surface area (Å²) in [6.07, 6.45) is -5.36. The molecule has 3 aliphatic carbocycles. The second-order valence-corrected chi connectivity index (χ2v) is 9.42. The van der Waals surface area contributed by atoms with E-state index in [1.165, 1.54) is 0 Å². The highest BCUT2D eigenvalue weighted by Gasteiger charge is 2.65. The van der Waals surface area contributed by atoms with Crippen molar-refractivity contribution in [2.75, 3.05) is 0 Å². The van der Waals surface area contributed by atoms with Gasteiger partial charge in [0, 0.05) is 0 Å². The van der Waals surface area contributed by atoms with E-state index < -0.39 is 30.3 Å². The highest BCUT2D eigenvalue weighted by Crippen LogP contribution is 2.64. The van der Waals surface area contributed by atoms with E-state index in [0.29, 0.717) is 18.9 Å². The molecule has 0 spiro atoms. The molecular weight excluding hydrogens is 393 g/mol. The highest BCUT2D eigenvalue weighted by molar-refractivity contribution is 5.85. The zero-order valence-electron chi connectivity index (χ0n) is 17.5. The van der Waals surface area contributed by atoms with Gasteiger partial charge in [-0.05, 0) is 53.4 Å². The van der Waals surface area contributed by atoms with Crippen LogP contribution in [0.5, 0.6) is 0 Å². The summed E-state index contributed by atoms with van der Waals surface area (Å²) in [6, 6.07) is 14.0. The fourth-order valence-corrected chi connectivity index (χ4v) is 5.48. The standard InChI is InChI=1S/C24H27F3O3/c1-22(2)17-11-19(22)23(3,20(12-17)30-21(28)13-24(25,26)27)29-14-16-9-6-8-15-7-4-5-10-18(15)16/h4-10,17,19-20H,11-14H2,1-3H3/t17-,19-,20+,23-/m1/s1. The number of rotatable bonds is 5. The number of alkyl halides is 3. The van der Waals surface area contributed by atoms with Crippen molar-refractivity contribution in [2.45, 2.75) is 64.5 Å². The molecule has 2 bridgehead atoms. The molecule has 0 heterocycles. The Morgan fingerprint density at radius 1 is 1.07 bits per heavy atom. The fraction of sp³-hybridized carbons (Fsp3) is 0.542. The van der Waals surface area contributed by atoms with E-state index in [4.69, 9.17) is 9.47 Å². The topological polar surface area (TPSA) is 35.5 Å². The van der Waals surface area contributed by atoms with Crippen LogP contribution in [0.2, 0.25) is 0 Å². The molecule has 2 aromatic rings. The second-order valence-electron chi connectivity index (χ2n) is 9.42. The Balaban J connectivity index is 1.57. The average molecular weight is 420 g/mol. The molecule has 6 heteroatoms. The van der Waals surface area contributed by atoms with Crippen LogP contribution in [0.4, 0.5) is 13.2 Å². The molecule has 0 N–H and O–H groups in total. The molecule has 2 aromatic carbocycles. The van der Waals surface area contributed by atoms with Crippen LogP contribution in [-0.4, -0.2) is 23.9 Å². The molecule has 0 aliphatic heterocycles. The number of halogens is 3. The third kappa shape index (κ3) is 3.70. The lowest BCUT2D eigenvalue weighted by atomic mass is 9.43. The molecule has 3 nitrogen and oxygen atoms in total. The van der Waals surface area contributed by atoms with Gasteiger partial charge >= 0.3 is 12.1 Å². The number of esters is 1. The number of hydrogen-bond acceptors (Lipinski definition) is 3. The van der Waals surface area contributed by atoms with Gasteiger partial charge in [0.05, 0.1) is 6.61 Å². The van der Waals surface area contributed by atoms with Gasteiger partial charge in [-0.25, -0.2) is 0 Å². The average Bonchev–Trinajstić information content (AvgIpc) is 2.66. The van der Waals surface area contributed by atoms with Gasteiger partial charge in [0.2, 0.25) is 0 Å². The second kappa shape index (κ2) is 7.26. The van der Waals surface area contributed by atoms with Gasteiger partial charge in [0.25, 0.3) is 0 Å². The van der Waals surface area contributed by atoms with E-state index in [0.717, 1.165) is 22.8 Å². The first-order chi connectivity index (χ1) is 14.0. The van der Waals surface area contributed by atoms with Crippen molar-refractivity contribution in [3.63, 3.8) is 0 Å². The largest absolute Gasteiger partial charge is 0.459 e. The Kier molecular flexibility index (Phi) is 5.12. The number of benzene rings is 2. The lowest BCUT2D eigenvalue weighted by Crippen LogP contribution is -2.68.